The maximum atomic E-state index is 12.3. The van der Waals surface area contributed by atoms with E-state index >= 15 is 0 Å². The van der Waals surface area contributed by atoms with Gasteiger partial charge in [-0.3, -0.25) is 9.69 Å². The summed E-state index contributed by atoms with van der Waals surface area (Å²) < 4.78 is 5.32. The topological polar surface area (TPSA) is 29.5 Å². The number of hydrogen-bond donors (Lipinski definition) is 0. The van der Waals surface area contributed by atoms with Gasteiger partial charge in [0.05, 0.1) is 12.0 Å². The van der Waals surface area contributed by atoms with Crippen LogP contribution in [-0.2, 0) is 9.53 Å². The Labute approximate surface area is 111 Å². The average Bonchev–Trinajstić information content (AvgIpc) is 3.07. The lowest BCUT2D eigenvalue weighted by molar-refractivity contribution is -0.146. The lowest BCUT2D eigenvalue weighted by Gasteiger charge is -2.27. The van der Waals surface area contributed by atoms with Crippen LogP contribution in [0.15, 0.2) is 17.5 Å². The molecule has 4 heteroatoms. The molecule has 18 heavy (non-hydrogen) atoms. The van der Waals surface area contributed by atoms with Crippen molar-refractivity contribution in [2.75, 3.05) is 19.7 Å². The number of ether oxygens (including phenoxy) is 1. The zero-order valence-electron chi connectivity index (χ0n) is 10.3. The van der Waals surface area contributed by atoms with E-state index in [2.05, 4.69) is 22.4 Å². The Bertz CT molecular complexity index is 472. The summed E-state index contributed by atoms with van der Waals surface area (Å²) in [4.78, 5) is 16.2. The molecule has 1 aromatic rings. The van der Waals surface area contributed by atoms with Gasteiger partial charge in [0.25, 0.3) is 0 Å². The summed E-state index contributed by atoms with van der Waals surface area (Å²) in [5, 5.41) is 2.13. The van der Waals surface area contributed by atoms with Crippen molar-refractivity contribution in [1.82, 2.24) is 4.90 Å². The molecule has 0 bridgehead atoms. The fourth-order valence-electron chi connectivity index (χ4n) is 4.18. The van der Waals surface area contributed by atoms with E-state index in [-0.39, 0.29) is 11.4 Å². The van der Waals surface area contributed by atoms with Crippen LogP contribution < -0.4 is 0 Å². The summed E-state index contributed by atoms with van der Waals surface area (Å²) in [5.41, 5.74) is -0.240. The molecule has 0 radical (unpaired) electrons. The Morgan fingerprint density at radius 3 is 3.17 bits per heavy atom. The van der Waals surface area contributed by atoms with Crippen LogP contribution >= 0.6 is 11.3 Å². The van der Waals surface area contributed by atoms with Gasteiger partial charge in [-0.25, -0.2) is 0 Å². The molecule has 3 fully saturated rings. The third-order valence-electron chi connectivity index (χ3n) is 4.92. The van der Waals surface area contributed by atoms with Gasteiger partial charge in [-0.15, -0.1) is 11.3 Å². The predicted octanol–water partition coefficient (Wildman–Crippen LogP) is 2.24. The maximum Gasteiger partial charge on any atom is 0.314 e. The second-order valence-corrected chi connectivity index (χ2v) is 6.69. The van der Waals surface area contributed by atoms with Crippen molar-refractivity contribution in [3.8, 4) is 0 Å². The van der Waals surface area contributed by atoms with Gasteiger partial charge in [0.1, 0.15) is 0 Å². The van der Waals surface area contributed by atoms with Gasteiger partial charge >= 0.3 is 5.97 Å². The number of nitrogens with zero attached hydrogens (tertiary/aromatic N) is 1. The van der Waals surface area contributed by atoms with E-state index in [4.69, 9.17) is 4.74 Å². The Balaban J connectivity index is 1.80. The molecule has 96 valence electrons. The van der Waals surface area contributed by atoms with Gasteiger partial charge in [-0.2, -0.15) is 0 Å². The highest BCUT2D eigenvalue weighted by Crippen LogP contribution is 2.55. The molecule has 0 amide bonds. The fourth-order valence-corrected chi connectivity index (χ4v) is 5.18. The Kier molecular flexibility index (Phi) is 2.33. The largest absolute Gasteiger partial charge is 0.465 e. The minimum atomic E-state index is -0.240. The van der Waals surface area contributed by atoms with Crippen LogP contribution in [0.3, 0.4) is 0 Å². The summed E-state index contributed by atoms with van der Waals surface area (Å²) in [6.45, 7) is 2.68. The molecule has 1 spiro atoms. The van der Waals surface area contributed by atoms with E-state index in [1.807, 2.05) is 0 Å². The molecule has 3 nitrogen and oxygen atoms in total. The summed E-state index contributed by atoms with van der Waals surface area (Å²) in [7, 11) is 0. The third kappa shape index (κ3) is 1.30. The highest BCUT2D eigenvalue weighted by molar-refractivity contribution is 7.10. The van der Waals surface area contributed by atoms with Gasteiger partial charge in [-0.05, 0) is 37.3 Å². The van der Waals surface area contributed by atoms with Crippen LogP contribution in [0.25, 0.3) is 0 Å². The molecule has 3 aliphatic rings. The normalized spacial score (nSPS) is 39.4. The Hall–Kier alpha value is -0.870. The number of esters is 1. The van der Waals surface area contributed by atoms with Crippen LogP contribution in [0.2, 0.25) is 0 Å². The van der Waals surface area contributed by atoms with E-state index in [9.17, 15) is 4.79 Å². The molecule has 0 saturated carbocycles. The van der Waals surface area contributed by atoms with Crippen molar-refractivity contribution in [2.24, 2.45) is 5.41 Å². The maximum absolute atomic E-state index is 12.3. The molecule has 3 atom stereocenters. The molecule has 4 rings (SSSR count). The summed E-state index contributed by atoms with van der Waals surface area (Å²) >= 11 is 1.80. The van der Waals surface area contributed by atoms with Crippen LogP contribution in [0, 0.1) is 5.41 Å². The zero-order chi connectivity index (χ0) is 12.2. The number of carbonyl (C=O) groups is 1. The average molecular weight is 263 g/mol. The molecule has 0 N–H and O–H groups in total. The highest BCUT2D eigenvalue weighted by Gasteiger charge is 2.61. The predicted molar refractivity (Wildman–Crippen MR) is 69.7 cm³/mol. The lowest BCUT2D eigenvalue weighted by atomic mass is 9.73. The van der Waals surface area contributed by atoms with Crippen molar-refractivity contribution in [3.05, 3.63) is 22.4 Å². The monoisotopic (exact) mass is 263 g/mol. The minimum Gasteiger partial charge on any atom is -0.465 e. The van der Waals surface area contributed by atoms with Gasteiger partial charge in [0, 0.05) is 23.4 Å². The molecule has 3 aliphatic heterocycles. The number of carbonyl (C=O) groups excluding carboxylic acids is 1. The number of fused-ring (bicyclic) bond motifs is 1. The van der Waals surface area contributed by atoms with Gasteiger partial charge in [-0.1, -0.05) is 6.07 Å². The molecule has 0 aliphatic carbocycles. The molecular formula is C14H17NO2S. The fraction of sp³-hybridized carbons (Fsp3) is 0.643. The van der Waals surface area contributed by atoms with Crippen LogP contribution in [0.4, 0.5) is 0 Å². The van der Waals surface area contributed by atoms with E-state index in [1.165, 1.54) is 17.7 Å². The third-order valence-corrected chi connectivity index (χ3v) is 5.87. The van der Waals surface area contributed by atoms with Crippen LogP contribution in [-0.4, -0.2) is 36.6 Å². The minimum absolute atomic E-state index is 0.0512. The SMILES string of the molecule is O=C1OCC[C@]12CN1CCC[C@@H]1[C@@H]2c1cccs1. The number of thiophene rings is 1. The summed E-state index contributed by atoms with van der Waals surface area (Å²) in [5.74, 6) is 0.422. The van der Waals surface area contributed by atoms with E-state index in [0.29, 0.717) is 18.6 Å². The first-order valence-corrected chi connectivity index (χ1v) is 7.64. The first-order chi connectivity index (χ1) is 8.81. The first-order valence-electron chi connectivity index (χ1n) is 6.76. The van der Waals surface area contributed by atoms with Crippen molar-refractivity contribution in [3.63, 3.8) is 0 Å². The summed E-state index contributed by atoms with van der Waals surface area (Å²) in [6, 6.07) is 4.87. The van der Waals surface area contributed by atoms with E-state index < -0.39 is 0 Å². The molecule has 0 aromatic carbocycles. The standard InChI is InChI=1S/C14H17NO2S/c16-13-14(5-7-17-13)9-15-6-1-3-10(15)12(14)11-4-2-8-18-11/h2,4,8,10,12H,1,3,5-7,9H2/t10-,12-,14-/m1/s1. The van der Waals surface area contributed by atoms with Crippen LogP contribution in [0.1, 0.15) is 30.1 Å². The van der Waals surface area contributed by atoms with Crippen molar-refractivity contribution in [1.29, 1.82) is 0 Å². The Morgan fingerprint density at radius 1 is 1.50 bits per heavy atom. The lowest BCUT2D eigenvalue weighted by Crippen LogP contribution is -2.35. The number of cyclic esters (lactones) is 1. The highest BCUT2D eigenvalue weighted by atomic mass is 32.1. The van der Waals surface area contributed by atoms with E-state index in [1.54, 1.807) is 11.3 Å². The van der Waals surface area contributed by atoms with Crippen molar-refractivity contribution >= 4 is 17.3 Å². The van der Waals surface area contributed by atoms with Gasteiger partial charge in [0.2, 0.25) is 0 Å². The van der Waals surface area contributed by atoms with Crippen molar-refractivity contribution in [2.45, 2.75) is 31.2 Å². The molecule has 1 aromatic heterocycles. The Morgan fingerprint density at radius 2 is 2.44 bits per heavy atom. The molecule has 0 unspecified atom stereocenters. The smallest absolute Gasteiger partial charge is 0.314 e. The zero-order valence-corrected chi connectivity index (χ0v) is 11.1. The van der Waals surface area contributed by atoms with Gasteiger partial charge in [0.15, 0.2) is 0 Å². The number of rotatable bonds is 1. The second-order valence-electron chi connectivity index (χ2n) is 5.72. The van der Waals surface area contributed by atoms with Gasteiger partial charge < -0.3 is 4.74 Å². The second kappa shape index (κ2) is 3.81. The van der Waals surface area contributed by atoms with Crippen molar-refractivity contribution < 1.29 is 9.53 Å². The van der Waals surface area contributed by atoms with Crippen LogP contribution in [0.5, 0.6) is 0 Å². The molecule has 4 heterocycles. The first kappa shape index (κ1) is 11.0. The summed E-state index contributed by atoms with van der Waals surface area (Å²) in [6.07, 6.45) is 3.41. The molecular weight excluding hydrogens is 246 g/mol. The van der Waals surface area contributed by atoms with E-state index in [0.717, 1.165) is 19.5 Å². The number of hydrogen-bond acceptors (Lipinski definition) is 4. The molecule has 3 saturated heterocycles. The quantitative estimate of drug-likeness (QED) is 0.728.